The second kappa shape index (κ2) is 9.32. The van der Waals surface area contributed by atoms with Gasteiger partial charge in [0.1, 0.15) is 0 Å². The first-order valence-corrected chi connectivity index (χ1v) is 7.31. The van der Waals surface area contributed by atoms with Crippen molar-refractivity contribution in [3.05, 3.63) is 0 Å². The number of nitrogens with zero attached hydrogens (tertiary/aromatic N) is 2. The van der Waals surface area contributed by atoms with Gasteiger partial charge >= 0.3 is 5.97 Å². The fourth-order valence-electron chi connectivity index (χ4n) is 1.98. The van der Waals surface area contributed by atoms with Crippen LogP contribution in [-0.2, 0) is 33.6 Å². The van der Waals surface area contributed by atoms with E-state index in [1.165, 1.54) is 0 Å². The molecule has 1 saturated heterocycles. The summed E-state index contributed by atoms with van der Waals surface area (Å²) in [6.07, 6.45) is -0.314. The maximum absolute atomic E-state index is 11.7. The van der Waals surface area contributed by atoms with Gasteiger partial charge < -0.3 is 21.6 Å². The molecular weight excluding hydrogens is 338 g/mol. The molecule has 5 amide bonds. The predicted octanol–water partition coefficient (Wildman–Crippen LogP) is -3.63. The molecule has 0 saturated carbocycles. The van der Waals surface area contributed by atoms with Crippen molar-refractivity contribution in [2.75, 3.05) is 26.2 Å². The van der Waals surface area contributed by atoms with E-state index in [0.717, 1.165) is 4.90 Å². The third kappa shape index (κ3) is 7.39. The highest BCUT2D eigenvalue weighted by Gasteiger charge is 2.32. The van der Waals surface area contributed by atoms with Crippen LogP contribution < -0.4 is 16.8 Å². The highest BCUT2D eigenvalue weighted by atomic mass is 16.7. The molecule has 0 aromatic carbocycles. The van der Waals surface area contributed by atoms with Gasteiger partial charge in [0.15, 0.2) is 0 Å². The van der Waals surface area contributed by atoms with Gasteiger partial charge in [0.25, 0.3) is 11.8 Å². The Kier molecular flexibility index (Phi) is 7.46. The van der Waals surface area contributed by atoms with Gasteiger partial charge in [-0.1, -0.05) is 0 Å². The number of hydrogen-bond donors (Lipinski definition) is 3. The Morgan fingerprint density at radius 1 is 1.00 bits per heavy atom. The summed E-state index contributed by atoms with van der Waals surface area (Å²) in [6.45, 7) is -1.13. The number of nitrogens with one attached hydrogen (secondary N) is 1. The molecule has 1 aliphatic rings. The summed E-state index contributed by atoms with van der Waals surface area (Å²) in [5, 5.41) is 2.77. The van der Waals surface area contributed by atoms with Gasteiger partial charge in [0.2, 0.25) is 17.7 Å². The number of nitrogens with two attached hydrogens (primary N) is 2. The lowest BCUT2D eigenvalue weighted by Crippen LogP contribution is -2.45. The molecule has 0 bridgehead atoms. The molecule has 1 heterocycles. The Balaban J connectivity index is 2.33. The van der Waals surface area contributed by atoms with Crippen molar-refractivity contribution in [1.29, 1.82) is 0 Å². The van der Waals surface area contributed by atoms with Crippen LogP contribution in [0.2, 0.25) is 0 Å². The van der Waals surface area contributed by atoms with Crippen LogP contribution in [0, 0.1) is 0 Å². The maximum atomic E-state index is 11.7. The Morgan fingerprint density at radius 2 is 1.52 bits per heavy atom. The average Bonchev–Trinajstić information content (AvgIpc) is 2.77. The average molecular weight is 357 g/mol. The van der Waals surface area contributed by atoms with Crippen molar-refractivity contribution in [3.63, 3.8) is 0 Å². The zero-order valence-electron chi connectivity index (χ0n) is 13.4. The van der Waals surface area contributed by atoms with E-state index in [1.54, 1.807) is 0 Å². The molecule has 5 N–H and O–H groups in total. The maximum Gasteiger partial charge on any atom is 0.334 e. The SMILES string of the molecule is NC(=O)CN(CC(N)=O)CC(=O)NCCC(=O)ON1C(=O)CCC1=O. The number of primary amides is 2. The van der Waals surface area contributed by atoms with Crippen LogP contribution >= 0.6 is 0 Å². The fourth-order valence-corrected chi connectivity index (χ4v) is 1.98. The lowest BCUT2D eigenvalue weighted by atomic mass is 10.4. The molecule has 138 valence electrons. The minimum Gasteiger partial charge on any atom is -0.369 e. The summed E-state index contributed by atoms with van der Waals surface area (Å²) < 4.78 is 0. The Morgan fingerprint density at radius 3 is 2.00 bits per heavy atom. The number of rotatable bonds is 10. The molecule has 25 heavy (non-hydrogen) atoms. The van der Waals surface area contributed by atoms with E-state index in [4.69, 9.17) is 11.5 Å². The lowest BCUT2D eigenvalue weighted by molar-refractivity contribution is -0.197. The summed E-state index contributed by atoms with van der Waals surface area (Å²) in [5.74, 6) is -4.12. The van der Waals surface area contributed by atoms with Gasteiger partial charge in [-0.3, -0.25) is 28.9 Å². The first-order chi connectivity index (χ1) is 11.7. The summed E-state index contributed by atoms with van der Waals surface area (Å²) >= 11 is 0. The molecule has 0 spiro atoms. The van der Waals surface area contributed by atoms with E-state index in [2.05, 4.69) is 10.2 Å². The molecule has 12 heteroatoms. The van der Waals surface area contributed by atoms with E-state index < -0.39 is 35.5 Å². The smallest absolute Gasteiger partial charge is 0.334 e. The molecule has 1 rings (SSSR count). The molecule has 0 atom stereocenters. The number of amides is 5. The van der Waals surface area contributed by atoms with Crippen LogP contribution in [0.1, 0.15) is 19.3 Å². The number of hydroxylamine groups is 2. The summed E-state index contributed by atoms with van der Waals surface area (Å²) in [7, 11) is 0. The first kappa shape index (κ1) is 20.0. The summed E-state index contributed by atoms with van der Waals surface area (Å²) in [4.78, 5) is 73.3. The van der Waals surface area contributed by atoms with E-state index in [-0.39, 0.29) is 45.4 Å². The van der Waals surface area contributed by atoms with E-state index >= 15 is 0 Å². The highest BCUT2D eigenvalue weighted by molar-refractivity contribution is 6.01. The van der Waals surface area contributed by atoms with Crippen LogP contribution in [0.5, 0.6) is 0 Å². The minimum atomic E-state index is -0.866. The van der Waals surface area contributed by atoms with Crippen molar-refractivity contribution in [2.45, 2.75) is 19.3 Å². The number of imide groups is 1. The molecule has 0 radical (unpaired) electrons. The zero-order chi connectivity index (χ0) is 19.0. The molecule has 0 aromatic heterocycles. The van der Waals surface area contributed by atoms with E-state index in [9.17, 15) is 28.8 Å². The third-order valence-corrected chi connectivity index (χ3v) is 2.98. The monoisotopic (exact) mass is 357 g/mol. The zero-order valence-corrected chi connectivity index (χ0v) is 13.4. The van der Waals surface area contributed by atoms with Gasteiger partial charge in [0.05, 0.1) is 26.1 Å². The quantitative estimate of drug-likeness (QED) is 0.335. The molecule has 0 aliphatic carbocycles. The van der Waals surface area contributed by atoms with Crippen molar-refractivity contribution >= 4 is 35.5 Å². The van der Waals surface area contributed by atoms with Gasteiger partial charge in [-0.25, -0.2) is 4.79 Å². The Labute approximate surface area is 142 Å². The van der Waals surface area contributed by atoms with Crippen LogP contribution in [0.4, 0.5) is 0 Å². The van der Waals surface area contributed by atoms with E-state index in [1.807, 2.05) is 0 Å². The lowest BCUT2D eigenvalue weighted by Gasteiger charge is -2.18. The molecule has 1 aliphatic heterocycles. The normalized spacial score (nSPS) is 13.9. The fraction of sp³-hybridized carbons (Fsp3) is 0.538. The van der Waals surface area contributed by atoms with Crippen LogP contribution in [0.15, 0.2) is 0 Å². The molecule has 1 fully saturated rings. The minimum absolute atomic E-state index is 0.0155. The van der Waals surface area contributed by atoms with Gasteiger partial charge in [-0.15, -0.1) is 5.06 Å². The second-order valence-electron chi connectivity index (χ2n) is 5.22. The van der Waals surface area contributed by atoms with Crippen molar-refractivity contribution in [1.82, 2.24) is 15.3 Å². The van der Waals surface area contributed by atoms with Gasteiger partial charge in [-0.2, -0.15) is 0 Å². The Bertz CT molecular complexity index is 559. The Hall–Kier alpha value is -3.02. The topological polar surface area (TPSA) is 182 Å². The molecule has 0 unspecified atom stereocenters. The molecule has 12 nitrogen and oxygen atoms in total. The summed E-state index contributed by atoms with van der Waals surface area (Å²) in [5.41, 5.74) is 10.00. The number of carbonyl (C=O) groups is 6. The number of carbonyl (C=O) groups excluding carboxylic acids is 6. The van der Waals surface area contributed by atoms with E-state index in [0.29, 0.717) is 5.06 Å². The molecule has 0 aromatic rings. The summed E-state index contributed by atoms with van der Waals surface area (Å²) in [6, 6.07) is 0. The second-order valence-corrected chi connectivity index (χ2v) is 5.22. The van der Waals surface area contributed by atoms with Crippen LogP contribution in [0.3, 0.4) is 0 Å². The highest BCUT2D eigenvalue weighted by Crippen LogP contribution is 2.12. The van der Waals surface area contributed by atoms with Crippen LogP contribution in [0.25, 0.3) is 0 Å². The van der Waals surface area contributed by atoms with Crippen molar-refractivity contribution in [3.8, 4) is 0 Å². The molecular formula is C13H19N5O7. The van der Waals surface area contributed by atoms with Crippen molar-refractivity contribution in [2.24, 2.45) is 11.5 Å². The third-order valence-electron chi connectivity index (χ3n) is 2.98. The largest absolute Gasteiger partial charge is 0.369 e. The standard InChI is InChI=1S/C13H19N5O7/c14-8(19)5-17(6-9(15)20)7-10(21)16-4-3-13(24)25-18-11(22)1-2-12(18)23/h1-7H2,(H2,14,19)(H2,15,20)(H,16,21). The number of hydrogen-bond acceptors (Lipinski definition) is 8. The first-order valence-electron chi connectivity index (χ1n) is 7.31. The van der Waals surface area contributed by atoms with Crippen LogP contribution in [-0.4, -0.2) is 71.6 Å². The predicted molar refractivity (Wildman–Crippen MR) is 79.6 cm³/mol. The van der Waals surface area contributed by atoms with Gasteiger partial charge in [-0.05, 0) is 0 Å². The van der Waals surface area contributed by atoms with Crippen molar-refractivity contribution < 1.29 is 33.6 Å². The van der Waals surface area contributed by atoms with Gasteiger partial charge in [0, 0.05) is 19.4 Å².